The van der Waals surface area contributed by atoms with Gasteiger partial charge in [0.15, 0.2) is 11.5 Å². The molecule has 1 aromatic carbocycles. The number of benzene rings is 1. The summed E-state index contributed by atoms with van der Waals surface area (Å²) in [5.74, 6) is 1.19. The minimum atomic E-state index is -4.19. The Labute approximate surface area is 133 Å². The molecule has 0 aliphatic carbocycles. The van der Waals surface area contributed by atoms with E-state index in [1.165, 1.54) is 0 Å². The van der Waals surface area contributed by atoms with Crippen LogP contribution in [0.15, 0.2) is 18.2 Å². The van der Waals surface area contributed by atoms with Crippen LogP contribution in [-0.4, -0.2) is 37.7 Å². The standard InChI is InChI=1S/C15H25F2NO3S/c1-6-18(7-2)22(16,17)21-12(3)10-13-8-9-14(19-4)15(11-13)20-5/h8-9,11-12H,6-7,10H2,1-5H3. The first-order valence-electron chi connectivity index (χ1n) is 7.24. The predicted octanol–water partition coefficient (Wildman–Crippen LogP) is 4.40. The number of hydrogen-bond donors (Lipinski definition) is 0. The number of methoxy groups -OCH3 is 2. The minimum Gasteiger partial charge on any atom is -0.493 e. The third-order valence-corrected chi connectivity index (χ3v) is 4.93. The van der Waals surface area contributed by atoms with Crippen molar-refractivity contribution >= 4 is 11.3 Å². The maximum atomic E-state index is 14.0. The van der Waals surface area contributed by atoms with Gasteiger partial charge in [-0.2, -0.15) is 4.31 Å². The van der Waals surface area contributed by atoms with Crippen molar-refractivity contribution in [3.63, 3.8) is 0 Å². The smallest absolute Gasteiger partial charge is 0.241 e. The van der Waals surface area contributed by atoms with Gasteiger partial charge in [-0.05, 0) is 31.0 Å². The number of nitrogens with zero attached hydrogens (tertiary/aromatic N) is 1. The molecule has 0 radical (unpaired) electrons. The van der Waals surface area contributed by atoms with Crippen LogP contribution in [0.25, 0.3) is 0 Å². The Morgan fingerprint density at radius 2 is 1.68 bits per heavy atom. The molecule has 0 bridgehead atoms. The highest BCUT2D eigenvalue weighted by molar-refractivity contribution is 8.19. The van der Waals surface area contributed by atoms with E-state index in [4.69, 9.17) is 13.7 Å². The van der Waals surface area contributed by atoms with Gasteiger partial charge in [0.1, 0.15) is 0 Å². The lowest BCUT2D eigenvalue weighted by molar-refractivity contribution is 0.194. The Hall–Kier alpha value is -1.05. The predicted molar refractivity (Wildman–Crippen MR) is 86.5 cm³/mol. The van der Waals surface area contributed by atoms with Gasteiger partial charge in [-0.15, -0.1) is 7.77 Å². The van der Waals surface area contributed by atoms with Gasteiger partial charge < -0.3 is 9.47 Å². The van der Waals surface area contributed by atoms with Crippen LogP contribution in [0, 0.1) is 0 Å². The van der Waals surface area contributed by atoms with Crippen molar-refractivity contribution in [2.45, 2.75) is 33.3 Å². The van der Waals surface area contributed by atoms with Gasteiger partial charge in [0.25, 0.3) is 0 Å². The van der Waals surface area contributed by atoms with Gasteiger partial charge in [0.2, 0.25) is 11.3 Å². The van der Waals surface area contributed by atoms with E-state index in [0.717, 1.165) is 9.87 Å². The second kappa shape index (κ2) is 8.55. The highest BCUT2D eigenvalue weighted by Gasteiger charge is 2.33. The maximum absolute atomic E-state index is 14.0. The molecular formula is C15H25F2NO3S. The lowest BCUT2D eigenvalue weighted by Gasteiger charge is -2.33. The van der Waals surface area contributed by atoms with E-state index in [-0.39, 0.29) is 13.1 Å². The molecule has 1 rings (SSSR count). The van der Waals surface area contributed by atoms with Crippen molar-refractivity contribution in [3.8, 4) is 11.5 Å². The second-order valence-corrected chi connectivity index (χ2v) is 6.31. The fraction of sp³-hybridized carbons (Fsp3) is 0.600. The number of ether oxygens (including phenoxy) is 2. The van der Waals surface area contributed by atoms with Gasteiger partial charge in [0.05, 0.1) is 20.3 Å². The first-order chi connectivity index (χ1) is 10.4. The minimum absolute atomic E-state index is 0.266. The van der Waals surface area contributed by atoms with E-state index < -0.39 is 17.4 Å². The molecular weight excluding hydrogens is 312 g/mol. The molecule has 0 fully saturated rings. The Morgan fingerprint density at radius 3 is 2.18 bits per heavy atom. The zero-order chi connectivity index (χ0) is 16.8. The van der Waals surface area contributed by atoms with Crippen molar-refractivity contribution in [2.75, 3.05) is 27.3 Å². The summed E-state index contributed by atoms with van der Waals surface area (Å²) in [7, 11) is 3.09. The van der Waals surface area contributed by atoms with E-state index in [2.05, 4.69) is 0 Å². The third-order valence-electron chi connectivity index (χ3n) is 3.26. The largest absolute Gasteiger partial charge is 0.493 e. The Morgan fingerprint density at radius 1 is 1.09 bits per heavy atom. The van der Waals surface area contributed by atoms with Gasteiger partial charge in [-0.1, -0.05) is 19.9 Å². The highest BCUT2D eigenvalue weighted by atomic mass is 32.3. The summed E-state index contributed by atoms with van der Waals surface area (Å²) >= 11 is -4.19. The number of hydrogen-bond acceptors (Lipinski definition) is 4. The van der Waals surface area contributed by atoms with Gasteiger partial charge >= 0.3 is 0 Å². The van der Waals surface area contributed by atoms with Crippen molar-refractivity contribution in [1.29, 1.82) is 0 Å². The Kier molecular flexibility index (Phi) is 7.38. The van der Waals surface area contributed by atoms with Crippen LogP contribution in [0.3, 0.4) is 0 Å². The molecule has 0 saturated carbocycles. The van der Waals surface area contributed by atoms with Gasteiger partial charge in [-0.25, -0.2) is 0 Å². The molecule has 7 heteroatoms. The first kappa shape index (κ1) is 19.0. The van der Waals surface area contributed by atoms with Crippen molar-refractivity contribution in [1.82, 2.24) is 4.31 Å². The molecule has 1 unspecified atom stereocenters. The monoisotopic (exact) mass is 337 g/mol. The fourth-order valence-electron chi connectivity index (χ4n) is 2.16. The van der Waals surface area contributed by atoms with Crippen LogP contribution < -0.4 is 9.47 Å². The Bertz CT molecular complexity index is 470. The van der Waals surface area contributed by atoms with Crippen LogP contribution in [0.1, 0.15) is 26.3 Å². The average molecular weight is 337 g/mol. The molecule has 128 valence electrons. The second-order valence-electron chi connectivity index (χ2n) is 4.81. The molecule has 1 aromatic rings. The van der Waals surface area contributed by atoms with Crippen LogP contribution >= 0.6 is 11.3 Å². The summed E-state index contributed by atoms with van der Waals surface area (Å²) in [6, 6.07) is 5.37. The molecule has 0 saturated heterocycles. The molecule has 0 spiro atoms. The topological polar surface area (TPSA) is 30.9 Å². The summed E-state index contributed by atoms with van der Waals surface area (Å²) in [6.45, 7) is 5.59. The van der Waals surface area contributed by atoms with Crippen molar-refractivity contribution in [3.05, 3.63) is 23.8 Å². The lowest BCUT2D eigenvalue weighted by Crippen LogP contribution is -2.27. The molecule has 0 amide bonds. The first-order valence-corrected chi connectivity index (χ1v) is 8.56. The van der Waals surface area contributed by atoms with E-state index in [9.17, 15) is 7.77 Å². The zero-order valence-corrected chi connectivity index (χ0v) is 14.6. The summed E-state index contributed by atoms with van der Waals surface area (Å²) in [5, 5.41) is 0. The lowest BCUT2D eigenvalue weighted by atomic mass is 10.1. The molecule has 4 nitrogen and oxygen atoms in total. The van der Waals surface area contributed by atoms with Gasteiger partial charge in [0, 0.05) is 13.1 Å². The van der Waals surface area contributed by atoms with Crippen LogP contribution in [-0.2, 0) is 10.6 Å². The van der Waals surface area contributed by atoms with E-state index >= 15 is 0 Å². The molecule has 0 aliphatic heterocycles. The maximum Gasteiger partial charge on any atom is 0.241 e. The SMILES string of the molecule is CCN(CC)S(F)(F)OC(C)Cc1ccc(OC)c(OC)c1. The quantitative estimate of drug-likeness (QED) is 0.668. The highest BCUT2D eigenvalue weighted by Crippen LogP contribution is 2.56. The number of halogens is 2. The molecule has 0 aromatic heterocycles. The van der Waals surface area contributed by atoms with E-state index in [1.54, 1.807) is 47.1 Å². The molecule has 0 heterocycles. The van der Waals surface area contributed by atoms with Crippen LogP contribution in [0.4, 0.5) is 7.77 Å². The molecule has 22 heavy (non-hydrogen) atoms. The molecule has 0 aliphatic rings. The van der Waals surface area contributed by atoms with Crippen molar-refractivity contribution in [2.24, 2.45) is 0 Å². The molecule has 1 atom stereocenters. The Balaban J connectivity index is 2.74. The third kappa shape index (κ3) is 5.00. The summed E-state index contributed by atoms with van der Waals surface area (Å²) in [4.78, 5) is 0. The summed E-state index contributed by atoms with van der Waals surface area (Å²) in [5.41, 5.74) is 0.861. The van der Waals surface area contributed by atoms with Crippen LogP contribution in [0.5, 0.6) is 11.5 Å². The average Bonchev–Trinajstić information content (AvgIpc) is 2.47. The zero-order valence-electron chi connectivity index (χ0n) is 13.8. The molecule has 0 N–H and O–H groups in total. The summed E-state index contributed by atoms with van der Waals surface area (Å²) < 4.78 is 44.6. The van der Waals surface area contributed by atoms with E-state index in [1.807, 2.05) is 6.07 Å². The number of rotatable bonds is 9. The summed E-state index contributed by atoms with van der Waals surface area (Å²) in [6.07, 6.45) is -0.215. The van der Waals surface area contributed by atoms with E-state index in [0.29, 0.717) is 17.9 Å². The normalized spacial score (nSPS) is 14.0. The van der Waals surface area contributed by atoms with Gasteiger partial charge in [-0.3, -0.25) is 4.18 Å². The van der Waals surface area contributed by atoms with Crippen LogP contribution in [0.2, 0.25) is 0 Å². The fourth-order valence-corrected chi connectivity index (χ4v) is 3.34. The van der Waals surface area contributed by atoms with Crippen molar-refractivity contribution < 1.29 is 21.4 Å².